The number of carbonyl (C=O) groups excluding carboxylic acids is 1. The first-order chi connectivity index (χ1) is 9.06. The van der Waals surface area contributed by atoms with Gasteiger partial charge < -0.3 is 14.1 Å². The van der Waals surface area contributed by atoms with E-state index in [4.69, 9.17) is 9.15 Å². The van der Waals surface area contributed by atoms with Crippen LogP contribution in [0.2, 0.25) is 0 Å². The van der Waals surface area contributed by atoms with E-state index < -0.39 is 0 Å². The first-order valence-electron chi connectivity index (χ1n) is 6.67. The van der Waals surface area contributed by atoms with Crippen molar-refractivity contribution in [2.45, 2.75) is 31.8 Å². The molecule has 2 rings (SSSR count). The maximum Gasteiger partial charge on any atom is 0.374 e. The Morgan fingerprint density at radius 1 is 1.42 bits per heavy atom. The molecule has 0 radical (unpaired) electrons. The van der Waals surface area contributed by atoms with Crippen molar-refractivity contribution in [2.75, 3.05) is 20.6 Å². The molecule has 1 fully saturated rings. The normalized spacial score (nSPS) is 23.6. The third kappa shape index (κ3) is 4.08. The van der Waals surface area contributed by atoms with Gasteiger partial charge in [0.15, 0.2) is 4.67 Å². The number of halogens is 1. The number of rotatable bonds is 4. The fourth-order valence-corrected chi connectivity index (χ4v) is 2.93. The van der Waals surface area contributed by atoms with Crippen molar-refractivity contribution in [2.24, 2.45) is 5.92 Å². The number of esters is 1. The second kappa shape index (κ2) is 6.57. The predicted octanol–water partition coefficient (Wildman–Crippen LogP) is 3.32. The van der Waals surface area contributed by atoms with Crippen LogP contribution in [0.4, 0.5) is 0 Å². The molecule has 0 spiro atoms. The summed E-state index contributed by atoms with van der Waals surface area (Å²) >= 11 is 3.19. The van der Waals surface area contributed by atoms with Gasteiger partial charge in [0.05, 0.1) is 0 Å². The van der Waals surface area contributed by atoms with Gasteiger partial charge in [-0.3, -0.25) is 0 Å². The molecule has 1 aromatic heterocycles. The quantitative estimate of drug-likeness (QED) is 0.795. The highest BCUT2D eigenvalue weighted by atomic mass is 79.9. The van der Waals surface area contributed by atoms with Crippen molar-refractivity contribution < 1.29 is 13.9 Å². The van der Waals surface area contributed by atoms with Gasteiger partial charge in [-0.1, -0.05) is 6.42 Å². The third-order valence-electron chi connectivity index (χ3n) is 3.47. The molecule has 0 saturated heterocycles. The molecule has 0 N–H and O–H groups in total. The molecular formula is C14H20BrNO3. The smallest absolute Gasteiger partial charge is 0.374 e. The maximum atomic E-state index is 12.0. The zero-order chi connectivity index (χ0) is 13.8. The van der Waals surface area contributed by atoms with Crippen LogP contribution in [0.5, 0.6) is 0 Å². The van der Waals surface area contributed by atoms with Crippen molar-refractivity contribution in [3.8, 4) is 0 Å². The lowest BCUT2D eigenvalue weighted by molar-refractivity contribution is -0.00615. The van der Waals surface area contributed by atoms with E-state index in [1.807, 2.05) is 0 Å². The molecule has 0 aromatic carbocycles. The van der Waals surface area contributed by atoms with Gasteiger partial charge in [0.25, 0.3) is 0 Å². The average Bonchev–Trinajstić information content (AvgIpc) is 2.78. The molecule has 4 nitrogen and oxygen atoms in total. The van der Waals surface area contributed by atoms with Gasteiger partial charge in [0.2, 0.25) is 5.76 Å². The van der Waals surface area contributed by atoms with E-state index in [0.717, 1.165) is 25.8 Å². The molecule has 0 aliphatic heterocycles. The first-order valence-corrected chi connectivity index (χ1v) is 7.46. The van der Waals surface area contributed by atoms with E-state index in [-0.39, 0.29) is 17.8 Å². The van der Waals surface area contributed by atoms with Gasteiger partial charge in [-0.25, -0.2) is 4.79 Å². The highest BCUT2D eigenvalue weighted by molar-refractivity contribution is 9.10. The second-order valence-corrected chi connectivity index (χ2v) is 6.14. The van der Waals surface area contributed by atoms with Crippen LogP contribution >= 0.6 is 15.9 Å². The lowest BCUT2D eigenvalue weighted by atomic mass is 9.86. The Balaban J connectivity index is 1.97. The van der Waals surface area contributed by atoms with Crippen LogP contribution < -0.4 is 0 Å². The summed E-state index contributed by atoms with van der Waals surface area (Å²) in [6.45, 7) is 0.958. The summed E-state index contributed by atoms with van der Waals surface area (Å²) in [5, 5.41) is 0. The molecule has 2 unspecified atom stereocenters. The van der Waals surface area contributed by atoms with Gasteiger partial charge in [0.1, 0.15) is 6.10 Å². The Hall–Kier alpha value is -0.810. The van der Waals surface area contributed by atoms with E-state index >= 15 is 0 Å². The Bertz CT molecular complexity index is 430. The summed E-state index contributed by atoms with van der Waals surface area (Å²) < 4.78 is 11.4. The van der Waals surface area contributed by atoms with Crippen LogP contribution in [0.1, 0.15) is 36.2 Å². The minimum atomic E-state index is -0.360. The van der Waals surface area contributed by atoms with Gasteiger partial charge in [-0.15, -0.1) is 0 Å². The predicted molar refractivity (Wildman–Crippen MR) is 76.1 cm³/mol. The Morgan fingerprint density at radius 3 is 2.79 bits per heavy atom. The number of nitrogens with zero attached hydrogens (tertiary/aromatic N) is 1. The van der Waals surface area contributed by atoms with Crippen LogP contribution in [-0.2, 0) is 4.74 Å². The van der Waals surface area contributed by atoms with Gasteiger partial charge in [-0.2, -0.15) is 0 Å². The molecule has 1 aromatic rings. The molecule has 1 aliphatic rings. The lowest BCUT2D eigenvalue weighted by Gasteiger charge is -2.32. The molecule has 2 atom stereocenters. The van der Waals surface area contributed by atoms with Gasteiger partial charge >= 0.3 is 5.97 Å². The molecule has 0 amide bonds. The number of carbonyl (C=O) groups is 1. The molecule has 5 heteroatoms. The largest absolute Gasteiger partial charge is 0.456 e. The summed E-state index contributed by atoms with van der Waals surface area (Å²) in [7, 11) is 4.11. The SMILES string of the molecule is CN(C)CC1CCCCC1OC(=O)c1ccc(Br)o1. The minimum absolute atomic E-state index is 0.00697. The lowest BCUT2D eigenvalue weighted by Crippen LogP contribution is -2.36. The monoisotopic (exact) mass is 329 g/mol. The van der Waals surface area contributed by atoms with Crippen molar-refractivity contribution in [1.82, 2.24) is 4.90 Å². The van der Waals surface area contributed by atoms with E-state index in [2.05, 4.69) is 34.9 Å². The first kappa shape index (κ1) is 14.6. The Labute approximate surface area is 122 Å². The minimum Gasteiger partial charge on any atom is -0.456 e. The second-order valence-electron chi connectivity index (χ2n) is 5.35. The molecule has 106 valence electrons. The van der Waals surface area contributed by atoms with E-state index in [0.29, 0.717) is 10.6 Å². The van der Waals surface area contributed by atoms with Crippen LogP contribution in [0.15, 0.2) is 21.2 Å². The average molecular weight is 330 g/mol. The van der Waals surface area contributed by atoms with Crippen LogP contribution in [0, 0.1) is 5.92 Å². The molecule has 1 heterocycles. The summed E-state index contributed by atoms with van der Waals surface area (Å²) in [5.74, 6) is 0.327. The molecular weight excluding hydrogens is 310 g/mol. The molecule has 1 saturated carbocycles. The number of furan rings is 1. The summed E-state index contributed by atoms with van der Waals surface area (Å²) in [6.07, 6.45) is 4.43. The van der Waals surface area contributed by atoms with E-state index in [1.54, 1.807) is 12.1 Å². The van der Waals surface area contributed by atoms with Crippen LogP contribution in [-0.4, -0.2) is 37.6 Å². The van der Waals surface area contributed by atoms with Gasteiger partial charge in [-0.05, 0) is 61.4 Å². The molecule has 1 aliphatic carbocycles. The zero-order valence-electron chi connectivity index (χ0n) is 11.4. The van der Waals surface area contributed by atoms with Crippen LogP contribution in [0.3, 0.4) is 0 Å². The number of hydrogen-bond acceptors (Lipinski definition) is 4. The summed E-state index contributed by atoms with van der Waals surface area (Å²) in [4.78, 5) is 14.2. The summed E-state index contributed by atoms with van der Waals surface area (Å²) in [6, 6.07) is 3.34. The van der Waals surface area contributed by atoms with Gasteiger partial charge in [0, 0.05) is 12.5 Å². The fourth-order valence-electron chi connectivity index (χ4n) is 2.63. The number of hydrogen-bond donors (Lipinski definition) is 0. The highest BCUT2D eigenvalue weighted by Gasteiger charge is 2.29. The van der Waals surface area contributed by atoms with E-state index in [9.17, 15) is 4.79 Å². The van der Waals surface area contributed by atoms with Crippen molar-refractivity contribution >= 4 is 21.9 Å². The topological polar surface area (TPSA) is 42.7 Å². The fraction of sp³-hybridized carbons (Fsp3) is 0.643. The maximum absolute atomic E-state index is 12.0. The van der Waals surface area contributed by atoms with Crippen molar-refractivity contribution in [3.63, 3.8) is 0 Å². The Kier molecular flexibility index (Phi) is 5.05. The molecule has 19 heavy (non-hydrogen) atoms. The standard InChI is InChI=1S/C14H20BrNO3/c1-16(2)9-10-5-3-4-6-11(10)19-14(17)12-7-8-13(15)18-12/h7-8,10-11H,3-6,9H2,1-2H3. The zero-order valence-corrected chi connectivity index (χ0v) is 13.0. The number of ether oxygens (including phenoxy) is 1. The van der Waals surface area contributed by atoms with Crippen LogP contribution in [0.25, 0.3) is 0 Å². The highest BCUT2D eigenvalue weighted by Crippen LogP contribution is 2.28. The Morgan fingerprint density at radius 2 is 2.16 bits per heavy atom. The van der Waals surface area contributed by atoms with E-state index in [1.165, 1.54) is 6.42 Å². The summed E-state index contributed by atoms with van der Waals surface area (Å²) in [5.41, 5.74) is 0. The van der Waals surface area contributed by atoms with Crippen molar-refractivity contribution in [3.05, 3.63) is 22.6 Å². The van der Waals surface area contributed by atoms with Crippen molar-refractivity contribution in [1.29, 1.82) is 0 Å². The third-order valence-corrected chi connectivity index (χ3v) is 3.90. The molecule has 0 bridgehead atoms.